The predicted octanol–water partition coefficient (Wildman–Crippen LogP) is 3.28. The van der Waals surface area contributed by atoms with Crippen LogP contribution in [0.1, 0.15) is 24.0 Å². The third-order valence-electron chi connectivity index (χ3n) is 3.87. The molecule has 112 valence electrons. The average molecular weight is 298 g/mol. The lowest BCUT2D eigenvalue weighted by molar-refractivity contribution is -0.0158. The molecule has 0 radical (unpaired) electrons. The van der Waals surface area contributed by atoms with Crippen LogP contribution in [0.2, 0.25) is 5.02 Å². The molecule has 1 aliphatic rings. The zero-order chi connectivity index (χ0) is 14.4. The molecule has 2 rings (SSSR count). The summed E-state index contributed by atoms with van der Waals surface area (Å²) in [7, 11) is 1.71. The number of hydrogen-bond donors (Lipinski definition) is 0. The Balaban J connectivity index is 1.76. The van der Waals surface area contributed by atoms with Crippen LogP contribution >= 0.6 is 11.6 Å². The maximum absolute atomic E-state index is 6.00. The van der Waals surface area contributed by atoms with Gasteiger partial charge in [-0.1, -0.05) is 17.7 Å². The number of rotatable bonds is 6. The van der Waals surface area contributed by atoms with E-state index in [-0.39, 0.29) is 0 Å². The van der Waals surface area contributed by atoms with Crippen molar-refractivity contribution in [2.75, 3.05) is 33.4 Å². The number of methoxy groups -OCH3 is 1. The van der Waals surface area contributed by atoms with Crippen LogP contribution in [-0.4, -0.2) is 44.4 Å². The molecule has 1 heterocycles. The molecule has 0 aliphatic carbocycles. The van der Waals surface area contributed by atoms with Gasteiger partial charge in [-0.15, -0.1) is 0 Å². The van der Waals surface area contributed by atoms with Crippen LogP contribution in [0, 0.1) is 6.92 Å². The zero-order valence-corrected chi connectivity index (χ0v) is 13.2. The van der Waals surface area contributed by atoms with E-state index in [0.717, 1.165) is 37.5 Å². The normalized spacial score (nSPS) is 17.6. The summed E-state index contributed by atoms with van der Waals surface area (Å²) in [4.78, 5) is 2.49. The molecule has 3 nitrogen and oxygen atoms in total. The number of ether oxygens (including phenoxy) is 2. The summed E-state index contributed by atoms with van der Waals surface area (Å²) in [5.41, 5.74) is 2.64. The van der Waals surface area contributed by atoms with Gasteiger partial charge in [0.1, 0.15) is 0 Å². The molecule has 4 heteroatoms. The maximum atomic E-state index is 6.00. The second-order valence-corrected chi connectivity index (χ2v) is 5.85. The minimum absolute atomic E-state index is 0.396. The lowest BCUT2D eigenvalue weighted by Crippen LogP contribution is -2.37. The number of nitrogens with zero attached hydrogens (tertiary/aromatic N) is 1. The Morgan fingerprint density at radius 1 is 1.25 bits per heavy atom. The molecule has 1 aliphatic heterocycles. The fourth-order valence-electron chi connectivity index (χ4n) is 2.61. The summed E-state index contributed by atoms with van der Waals surface area (Å²) in [6.07, 6.45) is 2.61. The number of halogens is 1. The first-order valence-electron chi connectivity index (χ1n) is 7.27. The molecule has 0 atom stereocenters. The largest absolute Gasteiger partial charge is 0.382 e. The van der Waals surface area contributed by atoms with Crippen LogP contribution in [0.5, 0.6) is 0 Å². The first kappa shape index (κ1) is 15.8. The molecular formula is C16H24ClNO2. The molecule has 1 aromatic rings. The zero-order valence-electron chi connectivity index (χ0n) is 12.4. The van der Waals surface area contributed by atoms with Crippen molar-refractivity contribution in [3.63, 3.8) is 0 Å². The van der Waals surface area contributed by atoms with E-state index in [0.29, 0.717) is 19.3 Å². The second kappa shape index (κ2) is 7.99. The summed E-state index contributed by atoms with van der Waals surface area (Å²) in [6.45, 7) is 6.72. The van der Waals surface area contributed by atoms with Crippen LogP contribution in [0.15, 0.2) is 18.2 Å². The Hall–Kier alpha value is -0.610. The number of hydrogen-bond acceptors (Lipinski definition) is 3. The molecule has 1 saturated heterocycles. The van der Waals surface area contributed by atoms with Crippen molar-refractivity contribution in [3.8, 4) is 0 Å². The molecule has 0 N–H and O–H groups in total. The highest BCUT2D eigenvalue weighted by Crippen LogP contribution is 2.20. The molecule has 20 heavy (non-hydrogen) atoms. The SMILES string of the molecule is COCCOC1CCN(Cc2ccc(Cl)cc2C)CC1. The summed E-state index contributed by atoms with van der Waals surface area (Å²) in [6, 6.07) is 6.15. The highest BCUT2D eigenvalue weighted by molar-refractivity contribution is 6.30. The van der Waals surface area contributed by atoms with E-state index in [1.165, 1.54) is 11.1 Å². The second-order valence-electron chi connectivity index (χ2n) is 5.41. The quantitative estimate of drug-likeness (QED) is 0.752. The van der Waals surface area contributed by atoms with E-state index in [1.807, 2.05) is 12.1 Å². The summed E-state index contributed by atoms with van der Waals surface area (Å²) < 4.78 is 10.8. The van der Waals surface area contributed by atoms with Gasteiger partial charge in [-0.3, -0.25) is 4.90 Å². The molecule has 0 unspecified atom stereocenters. The lowest BCUT2D eigenvalue weighted by Gasteiger charge is -2.32. The van der Waals surface area contributed by atoms with Crippen LogP contribution in [-0.2, 0) is 16.0 Å². The van der Waals surface area contributed by atoms with E-state index < -0.39 is 0 Å². The molecule has 0 spiro atoms. The molecule has 0 amide bonds. The van der Waals surface area contributed by atoms with Gasteiger partial charge in [0, 0.05) is 31.8 Å². The van der Waals surface area contributed by atoms with Crippen molar-refractivity contribution in [2.24, 2.45) is 0 Å². The van der Waals surface area contributed by atoms with Gasteiger partial charge in [-0.2, -0.15) is 0 Å². The molecule has 0 saturated carbocycles. The van der Waals surface area contributed by atoms with Gasteiger partial charge in [0.05, 0.1) is 19.3 Å². The van der Waals surface area contributed by atoms with Gasteiger partial charge in [-0.05, 0) is 43.0 Å². The van der Waals surface area contributed by atoms with E-state index in [1.54, 1.807) is 7.11 Å². The van der Waals surface area contributed by atoms with Crippen molar-refractivity contribution in [2.45, 2.75) is 32.4 Å². The first-order chi connectivity index (χ1) is 9.69. The van der Waals surface area contributed by atoms with Crippen LogP contribution in [0.4, 0.5) is 0 Å². The maximum Gasteiger partial charge on any atom is 0.0704 e. The number of piperidine rings is 1. The van der Waals surface area contributed by atoms with E-state index in [4.69, 9.17) is 21.1 Å². The highest BCUT2D eigenvalue weighted by atomic mass is 35.5. The van der Waals surface area contributed by atoms with Crippen molar-refractivity contribution in [1.29, 1.82) is 0 Å². The summed E-state index contributed by atoms with van der Waals surface area (Å²) in [5.74, 6) is 0. The van der Waals surface area contributed by atoms with Crippen molar-refractivity contribution < 1.29 is 9.47 Å². The number of benzene rings is 1. The molecular weight excluding hydrogens is 274 g/mol. The van der Waals surface area contributed by atoms with Gasteiger partial charge in [0.2, 0.25) is 0 Å². The fraction of sp³-hybridized carbons (Fsp3) is 0.625. The summed E-state index contributed by atoms with van der Waals surface area (Å²) >= 11 is 6.00. The summed E-state index contributed by atoms with van der Waals surface area (Å²) in [5, 5.41) is 0.816. The van der Waals surface area contributed by atoms with E-state index >= 15 is 0 Å². The van der Waals surface area contributed by atoms with Crippen molar-refractivity contribution >= 4 is 11.6 Å². The molecule has 0 bridgehead atoms. The van der Waals surface area contributed by atoms with Gasteiger partial charge in [0.25, 0.3) is 0 Å². The van der Waals surface area contributed by atoms with Gasteiger partial charge in [-0.25, -0.2) is 0 Å². The third-order valence-corrected chi connectivity index (χ3v) is 4.11. The predicted molar refractivity (Wildman–Crippen MR) is 82.3 cm³/mol. The van der Waals surface area contributed by atoms with Gasteiger partial charge >= 0.3 is 0 Å². The minimum atomic E-state index is 0.396. The third kappa shape index (κ3) is 4.74. The first-order valence-corrected chi connectivity index (χ1v) is 7.65. The van der Waals surface area contributed by atoms with E-state index in [2.05, 4.69) is 17.9 Å². The Labute approximate surface area is 126 Å². The standard InChI is InChI=1S/C16H24ClNO2/c1-13-11-15(17)4-3-14(13)12-18-7-5-16(6-8-18)20-10-9-19-2/h3-4,11,16H,5-10,12H2,1-2H3. The number of likely N-dealkylation sites (tertiary alicyclic amines) is 1. The van der Waals surface area contributed by atoms with Crippen molar-refractivity contribution in [1.82, 2.24) is 4.90 Å². The Morgan fingerprint density at radius 3 is 2.65 bits per heavy atom. The Morgan fingerprint density at radius 2 is 2.00 bits per heavy atom. The molecule has 1 aromatic carbocycles. The molecule has 1 fully saturated rings. The Kier molecular flexibility index (Phi) is 6.30. The lowest BCUT2D eigenvalue weighted by atomic mass is 10.0. The smallest absolute Gasteiger partial charge is 0.0704 e. The number of aryl methyl sites for hydroxylation is 1. The van der Waals surface area contributed by atoms with E-state index in [9.17, 15) is 0 Å². The van der Waals surface area contributed by atoms with Crippen molar-refractivity contribution in [3.05, 3.63) is 34.3 Å². The molecule has 0 aromatic heterocycles. The van der Waals surface area contributed by atoms with Crippen LogP contribution in [0.3, 0.4) is 0 Å². The average Bonchev–Trinajstić information content (AvgIpc) is 2.44. The highest BCUT2D eigenvalue weighted by Gasteiger charge is 2.19. The Bertz CT molecular complexity index is 417. The monoisotopic (exact) mass is 297 g/mol. The topological polar surface area (TPSA) is 21.7 Å². The van der Waals surface area contributed by atoms with Gasteiger partial charge < -0.3 is 9.47 Å². The van der Waals surface area contributed by atoms with Gasteiger partial charge in [0.15, 0.2) is 0 Å². The van der Waals surface area contributed by atoms with Crippen LogP contribution in [0.25, 0.3) is 0 Å². The minimum Gasteiger partial charge on any atom is -0.382 e. The fourth-order valence-corrected chi connectivity index (χ4v) is 2.84. The van der Waals surface area contributed by atoms with Crippen LogP contribution < -0.4 is 0 Å².